The van der Waals surface area contributed by atoms with Crippen LogP contribution in [0, 0.1) is 0 Å². The topological polar surface area (TPSA) is 54.0 Å². The summed E-state index contributed by atoms with van der Waals surface area (Å²) in [6.07, 6.45) is 11.9. The molecule has 6 rings (SSSR count). The molecular formula is C34H42N2O3. The zero-order chi connectivity index (χ0) is 26.4. The highest BCUT2D eigenvalue weighted by molar-refractivity contribution is 5.63. The predicted octanol–water partition coefficient (Wildman–Crippen LogP) is 6.86. The van der Waals surface area contributed by atoms with Crippen LogP contribution in [-0.2, 0) is 25.7 Å². The van der Waals surface area contributed by atoms with E-state index in [-0.39, 0.29) is 0 Å². The summed E-state index contributed by atoms with van der Waals surface area (Å²) in [7, 11) is 0. The van der Waals surface area contributed by atoms with Gasteiger partial charge in [0.1, 0.15) is 5.75 Å². The highest BCUT2D eigenvalue weighted by Gasteiger charge is 2.26. The lowest BCUT2D eigenvalue weighted by Crippen LogP contribution is -2.26. The number of ether oxygens (including phenoxy) is 2. The molecule has 206 valence electrons. The highest BCUT2D eigenvalue weighted by Crippen LogP contribution is 2.43. The van der Waals surface area contributed by atoms with E-state index in [1.165, 1.54) is 73.1 Å². The van der Waals surface area contributed by atoms with Gasteiger partial charge in [-0.05, 0) is 116 Å². The Morgan fingerprint density at radius 2 is 1.56 bits per heavy atom. The average Bonchev–Trinajstić information content (AvgIpc) is 3.26. The number of likely N-dealkylation sites (tertiary alicyclic amines) is 1. The van der Waals surface area contributed by atoms with Crippen molar-refractivity contribution in [1.29, 1.82) is 0 Å². The Bertz CT molecular complexity index is 1250. The molecule has 5 nitrogen and oxygen atoms in total. The molecule has 3 aliphatic rings. The van der Waals surface area contributed by atoms with Crippen LogP contribution in [0.15, 0.2) is 54.6 Å². The Kier molecular flexibility index (Phi) is 8.24. The molecule has 1 unspecified atom stereocenters. The molecule has 1 fully saturated rings. The molecule has 1 aliphatic carbocycles. The summed E-state index contributed by atoms with van der Waals surface area (Å²) in [5.74, 6) is 2.46. The van der Waals surface area contributed by atoms with Gasteiger partial charge in [0.15, 0.2) is 11.5 Å². The first kappa shape index (κ1) is 26.1. The quantitative estimate of drug-likeness (QED) is 0.299. The predicted molar refractivity (Wildman–Crippen MR) is 157 cm³/mol. The van der Waals surface area contributed by atoms with Gasteiger partial charge < -0.3 is 24.8 Å². The molecule has 5 heteroatoms. The van der Waals surface area contributed by atoms with Crippen LogP contribution in [0.2, 0.25) is 0 Å². The largest absolute Gasteiger partial charge is 0.508 e. The number of hydrogen-bond acceptors (Lipinski definition) is 5. The smallest absolute Gasteiger partial charge is 0.231 e. The van der Waals surface area contributed by atoms with Crippen LogP contribution in [0.4, 0.5) is 5.69 Å². The number of phenolic OH excluding ortho intramolecular Hbond substituents is 1. The Morgan fingerprint density at radius 3 is 2.36 bits per heavy atom. The van der Waals surface area contributed by atoms with E-state index in [0.717, 1.165) is 62.3 Å². The third-order valence-electron chi connectivity index (χ3n) is 8.80. The zero-order valence-corrected chi connectivity index (χ0v) is 23.1. The average molecular weight is 527 g/mol. The van der Waals surface area contributed by atoms with Gasteiger partial charge in [-0.2, -0.15) is 0 Å². The molecule has 2 heterocycles. The Morgan fingerprint density at radius 1 is 0.821 bits per heavy atom. The summed E-state index contributed by atoms with van der Waals surface area (Å²) < 4.78 is 11.4. The van der Waals surface area contributed by atoms with Crippen LogP contribution < -0.4 is 14.8 Å². The van der Waals surface area contributed by atoms with E-state index in [1.54, 1.807) is 0 Å². The van der Waals surface area contributed by atoms with E-state index in [2.05, 4.69) is 52.7 Å². The second-order valence-electron chi connectivity index (χ2n) is 11.5. The van der Waals surface area contributed by atoms with Crippen LogP contribution in [-0.4, -0.2) is 43.0 Å². The Labute approximate surface area is 233 Å². The summed E-state index contributed by atoms with van der Waals surface area (Å²) >= 11 is 0. The lowest BCUT2D eigenvalue weighted by Gasteiger charge is -2.27. The van der Waals surface area contributed by atoms with E-state index in [4.69, 9.17) is 9.47 Å². The number of nitrogens with zero attached hydrogens (tertiary/aromatic N) is 1. The van der Waals surface area contributed by atoms with Crippen LogP contribution in [0.5, 0.6) is 17.2 Å². The molecule has 0 saturated carbocycles. The number of nitrogens with one attached hydrogen (secondary N) is 1. The number of benzene rings is 3. The van der Waals surface area contributed by atoms with Crippen molar-refractivity contribution in [1.82, 2.24) is 4.90 Å². The number of anilines is 1. The minimum Gasteiger partial charge on any atom is -0.508 e. The number of aryl methyl sites for hydroxylation is 2. The summed E-state index contributed by atoms with van der Waals surface area (Å²) in [5.41, 5.74) is 7.95. The molecule has 0 amide bonds. The number of rotatable bonds is 9. The highest BCUT2D eigenvalue weighted by atomic mass is 16.7. The molecule has 0 spiro atoms. The van der Waals surface area contributed by atoms with Crippen molar-refractivity contribution in [3.8, 4) is 17.2 Å². The van der Waals surface area contributed by atoms with E-state index in [0.29, 0.717) is 18.5 Å². The first-order chi connectivity index (χ1) is 19.2. The SMILES string of the molecule is Oc1ccc2c(c1)CCC(c1cc3c(cc1NCCCc1ccc(CCN4CCCCCC4)cc1)OCO3)C2. The normalized spacial score (nSPS) is 18.9. The lowest BCUT2D eigenvalue weighted by atomic mass is 9.79. The molecule has 2 N–H and O–H groups in total. The van der Waals surface area contributed by atoms with E-state index in [9.17, 15) is 5.11 Å². The molecule has 1 saturated heterocycles. The number of hydrogen-bond donors (Lipinski definition) is 2. The summed E-state index contributed by atoms with van der Waals surface area (Å²) in [4.78, 5) is 2.65. The van der Waals surface area contributed by atoms with Crippen LogP contribution in [0.25, 0.3) is 0 Å². The van der Waals surface area contributed by atoms with Crippen LogP contribution in [0.1, 0.15) is 72.3 Å². The van der Waals surface area contributed by atoms with Gasteiger partial charge in [0.05, 0.1) is 0 Å². The first-order valence-corrected chi connectivity index (χ1v) is 15.0. The number of aromatic hydroxyl groups is 1. The van der Waals surface area contributed by atoms with E-state index < -0.39 is 0 Å². The maximum absolute atomic E-state index is 9.88. The Hall–Kier alpha value is -3.18. The van der Waals surface area contributed by atoms with Crippen LogP contribution >= 0.6 is 0 Å². The molecule has 1 atom stereocenters. The lowest BCUT2D eigenvalue weighted by molar-refractivity contribution is 0.174. The molecule has 3 aromatic carbocycles. The summed E-state index contributed by atoms with van der Waals surface area (Å²) in [5, 5.41) is 13.6. The van der Waals surface area contributed by atoms with Gasteiger partial charge in [-0.15, -0.1) is 0 Å². The van der Waals surface area contributed by atoms with Gasteiger partial charge in [-0.25, -0.2) is 0 Å². The summed E-state index contributed by atoms with van der Waals surface area (Å²) in [6.45, 7) is 4.94. The number of phenols is 1. The minimum absolute atomic E-state index is 0.291. The fourth-order valence-electron chi connectivity index (χ4n) is 6.49. The fraction of sp³-hybridized carbons (Fsp3) is 0.471. The van der Waals surface area contributed by atoms with Gasteiger partial charge in [-0.1, -0.05) is 43.2 Å². The van der Waals surface area contributed by atoms with Gasteiger partial charge in [0.2, 0.25) is 6.79 Å². The molecule has 0 bridgehead atoms. The maximum atomic E-state index is 9.88. The van der Waals surface area contributed by atoms with Crippen molar-refractivity contribution in [3.05, 3.63) is 82.4 Å². The van der Waals surface area contributed by atoms with Crippen molar-refractivity contribution < 1.29 is 14.6 Å². The standard InChI is InChI=1S/C34H42N2O3/c37-30-14-13-27-20-29(12-11-28(27)21-30)31-22-33-34(39-24-38-33)23-32(31)35-16-5-6-25-7-9-26(10-8-25)15-19-36-17-3-1-2-4-18-36/h7-10,13-14,21-23,29,35,37H,1-6,11-12,15-20,24H2. The summed E-state index contributed by atoms with van der Waals surface area (Å²) in [6, 6.07) is 19.4. The minimum atomic E-state index is 0.291. The van der Waals surface area contributed by atoms with Crippen molar-refractivity contribution in [3.63, 3.8) is 0 Å². The van der Waals surface area contributed by atoms with Gasteiger partial charge in [0.25, 0.3) is 0 Å². The van der Waals surface area contributed by atoms with E-state index in [1.807, 2.05) is 12.1 Å². The number of fused-ring (bicyclic) bond motifs is 2. The third-order valence-corrected chi connectivity index (χ3v) is 8.80. The molecule has 2 aliphatic heterocycles. The van der Waals surface area contributed by atoms with Crippen molar-refractivity contribution >= 4 is 5.69 Å². The van der Waals surface area contributed by atoms with Crippen LogP contribution in [0.3, 0.4) is 0 Å². The van der Waals surface area contributed by atoms with Gasteiger partial charge in [0, 0.05) is 24.8 Å². The second kappa shape index (κ2) is 12.3. The van der Waals surface area contributed by atoms with Crippen molar-refractivity contribution in [2.45, 2.75) is 70.1 Å². The maximum Gasteiger partial charge on any atom is 0.231 e. The molecular weight excluding hydrogens is 484 g/mol. The second-order valence-corrected chi connectivity index (χ2v) is 11.5. The zero-order valence-electron chi connectivity index (χ0n) is 23.1. The monoisotopic (exact) mass is 526 g/mol. The van der Waals surface area contributed by atoms with Crippen molar-refractivity contribution in [2.75, 3.05) is 38.3 Å². The Balaban J connectivity index is 1.04. The van der Waals surface area contributed by atoms with Gasteiger partial charge in [-0.3, -0.25) is 0 Å². The third kappa shape index (κ3) is 6.52. The van der Waals surface area contributed by atoms with Gasteiger partial charge >= 0.3 is 0 Å². The molecule has 39 heavy (non-hydrogen) atoms. The van der Waals surface area contributed by atoms with Crippen molar-refractivity contribution in [2.24, 2.45) is 0 Å². The molecule has 0 radical (unpaired) electrons. The fourth-order valence-corrected chi connectivity index (χ4v) is 6.49. The molecule has 3 aromatic rings. The van der Waals surface area contributed by atoms with E-state index >= 15 is 0 Å². The molecule has 0 aromatic heterocycles. The first-order valence-electron chi connectivity index (χ1n) is 15.0.